The summed E-state index contributed by atoms with van der Waals surface area (Å²) in [5, 5.41) is 11.7. The topological polar surface area (TPSA) is 118 Å². The highest BCUT2D eigenvalue weighted by molar-refractivity contribution is 7.13. The zero-order valence-electron chi connectivity index (χ0n) is 17.9. The minimum absolute atomic E-state index is 0.0224. The van der Waals surface area contributed by atoms with Gasteiger partial charge in [0.1, 0.15) is 11.4 Å². The quantitative estimate of drug-likeness (QED) is 0.489. The second-order valence-corrected chi connectivity index (χ2v) is 8.88. The molecule has 3 aliphatic rings. The van der Waals surface area contributed by atoms with Gasteiger partial charge in [-0.15, -0.1) is 11.3 Å². The minimum atomic E-state index is -3.82. The Morgan fingerprint density at radius 2 is 2.09 bits per heavy atom. The average Bonchev–Trinajstić information content (AvgIpc) is 3.44. The molecule has 180 valence electrons. The molecule has 10 nitrogen and oxygen atoms in total. The number of alkyl halides is 2. The Bertz CT molecular complexity index is 1220. The van der Waals surface area contributed by atoms with Gasteiger partial charge in [0.25, 0.3) is 6.01 Å². The summed E-state index contributed by atoms with van der Waals surface area (Å²) in [6.07, 6.45) is -3.68. The van der Waals surface area contributed by atoms with Gasteiger partial charge in [0.05, 0.1) is 24.3 Å². The van der Waals surface area contributed by atoms with Crippen LogP contribution in [0.15, 0.2) is 28.1 Å². The number of halogens is 2. The Labute approximate surface area is 195 Å². The summed E-state index contributed by atoms with van der Waals surface area (Å²) >= 11 is 1.34. The van der Waals surface area contributed by atoms with Gasteiger partial charge in [-0.1, -0.05) is 0 Å². The highest BCUT2D eigenvalue weighted by Gasteiger charge is 2.48. The van der Waals surface area contributed by atoms with Gasteiger partial charge in [0.15, 0.2) is 16.8 Å². The number of esters is 1. The number of aromatic nitrogens is 2. The molecule has 2 bridgehead atoms. The van der Waals surface area contributed by atoms with Crippen LogP contribution in [0, 0.1) is 0 Å². The van der Waals surface area contributed by atoms with E-state index in [2.05, 4.69) is 14.7 Å². The second-order valence-electron chi connectivity index (χ2n) is 7.98. The van der Waals surface area contributed by atoms with E-state index in [4.69, 9.17) is 9.15 Å². The summed E-state index contributed by atoms with van der Waals surface area (Å²) in [7, 11) is 0. The number of thiazole rings is 1. The fraction of sp³-hybridized carbons (Fsp3) is 0.429. The van der Waals surface area contributed by atoms with Crippen molar-refractivity contribution < 1.29 is 37.4 Å². The molecule has 13 heteroatoms. The zero-order valence-corrected chi connectivity index (χ0v) is 18.8. The molecular weight excluding hydrogens is 474 g/mol. The van der Waals surface area contributed by atoms with E-state index in [-0.39, 0.29) is 41.6 Å². The lowest BCUT2D eigenvalue weighted by Crippen LogP contribution is -2.70. The Morgan fingerprint density at radius 3 is 2.74 bits per heavy atom. The van der Waals surface area contributed by atoms with E-state index in [0.717, 1.165) is 6.42 Å². The van der Waals surface area contributed by atoms with E-state index in [0.29, 0.717) is 23.7 Å². The first-order valence-electron chi connectivity index (χ1n) is 10.6. The number of amides is 1. The van der Waals surface area contributed by atoms with Crippen molar-refractivity contribution >= 4 is 40.5 Å². The van der Waals surface area contributed by atoms with Gasteiger partial charge in [0, 0.05) is 24.7 Å². The van der Waals surface area contributed by atoms with Gasteiger partial charge in [-0.3, -0.25) is 9.69 Å². The Hall–Kier alpha value is -3.48. The van der Waals surface area contributed by atoms with E-state index in [9.17, 15) is 23.5 Å². The third kappa shape index (κ3) is 4.00. The van der Waals surface area contributed by atoms with E-state index >= 15 is 0 Å². The number of carboxylic acid groups (broad SMARTS) is 1. The lowest BCUT2D eigenvalue weighted by atomic mass is 9.88. The lowest BCUT2D eigenvalue weighted by Gasteiger charge is -2.54. The van der Waals surface area contributed by atoms with Crippen LogP contribution in [0.5, 0.6) is 5.75 Å². The maximum Gasteiger partial charge on any atom is 0.408 e. The van der Waals surface area contributed by atoms with Gasteiger partial charge in [-0.25, -0.2) is 9.78 Å². The molecule has 0 saturated carbocycles. The summed E-state index contributed by atoms with van der Waals surface area (Å²) < 4.78 is 44.4. The largest absolute Gasteiger partial charge is 0.466 e. The molecule has 3 fully saturated rings. The van der Waals surface area contributed by atoms with Gasteiger partial charge in [0.2, 0.25) is 0 Å². The summed E-state index contributed by atoms with van der Waals surface area (Å²) in [5.41, 5.74) is 0.823. The molecule has 3 aromatic rings. The van der Waals surface area contributed by atoms with Crippen LogP contribution in [-0.2, 0) is 9.53 Å². The summed E-state index contributed by atoms with van der Waals surface area (Å²) in [6.45, 7) is 2.25. The van der Waals surface area contributed by atoms with Gasteiger partial charge in [-0.2, -0.15) is 13.8 Å². The van der Waals surface area contributed by atoms with Crippen LogP contribution < -0.4 is 9.64 Å². The second kappa shape index (κ2) is 8.38. The summed E-state index contributed by atoms with van der Waals surface area (Å²) in [4.78, 5) is 34.9. The zero-order chi connectivity index (χ0) is 24.0. The van der Waals surface area contributed by atoms with Gasteiger partial charge < -0.3 is 23.9 Å². The lowest BCUT2D eigenvalue weighted by molar-refractivity contribution is -0.194. The number of ether oxygens (including phenoxy) is 2. The molecule has 2 atom stereocenters. The van der Waals surface area contributed by atoms with Gasteiger partial charge in [-0.05, 0) is 25.5 Å². The van der Waals surface area contributed by atoms with Crippen LogP contribution in [0.4, 0.5) is 19.6 Å². The predicted octanol–water partition coefficient (Wildman–Crippen LogP) is 3.82. The molecule has 0 aliphatic carbocycles. The first-order chi connectivity index (χ1) is 16.3. The molecule has 1 N–H and O–H groups in total. The molecule has 6 rings (SSSR count). The normalized spacial score (nSPS) is 19.7. The first-order valence-corrected chi connectivity index (χ1v) is 11.5. The van der Waals surface area contributed by atoms with Crippen molar-refractivity contribution in [3.05, 3.63) is 23.7 Å². The van der Waals surface area contributed by atoms with Crippen molar-refractivity contribution in [1.82, 2.24) is 14.9 Å². The Kier molecular flexibility index (Phi) is 5.50. The molecule has 3 saturated heterocycles. The number of hydrogen-bond donors (Lipinski definition) is 1. The number of benzene rings is 1. The van der Waals surface area contributed by atoms with Crippen LogP contribution in [0.2, 0.25) is 0 Å². The molecule has 0 spiro atoms. The number of piperazine rings is 1. The van der Waals surface area contributed by atoms with Crippen molar-refractivity contribution in [3.8, 4) is 16.3 Å². The number of hydrogen-bond acceptors (Lipinski definition) is 9. The van der Waals surface area contributed by atoms with Crippen LogP contribution in [0.25, 0.3) is 21.7 Å². The number of rotatable bonds is 7. The number of carbonyl (C=O) groups excluding carboxylic acids is 1. The van der Waals surface area contributed by atoms with Crippen LogP contribution in [-0.4, -0.2) is 69.9 Å². The van der Waals surface area contributed by atoms with Crippen molar-refractivity contribution in [2.45, 2.75) is 38.0 Å². The van der Waals surface area contributed by atoms with Crippen LogP contribution >= 0.6 is 11.3 Å². The molecule has 2 aromatic heterocycles. The molecule has 1 amide bonds. The highest BCUT2D eigenvalue weighted by Crippen LogP contribution is 2.41. The fourth-order valence-electron chi connectivity index (χ4n) is 4.37. The molecule has 3 aliphatic heterocycles. The van der Waals surface area contributed by atoms with Crippen molar-refractivity contribution in [2.75, 3.05) is 24.6 Å². The summed E-state index contributed by atoms with van der Waals surface area (Å²) in [5.74, 6) is -1.34. The predicted molar refractivity (Wildman–Crippen MR) is 116 cm³/mol. The number of oxazole rings is 1. The fourth-order valence-corrected chi connectivity index (χ4v) is 5.03. The first kappa shape index (κ1) is 22.3. The Morgan fingerprint density at radius 1 is 1.32 bits per heavy atom. The number of carbonyl (C=O) groups is 2. The number of fused-ring (bicyclic) bond motifs is 3. The molecule has 2 unspecified atom stereocenters. The number of piperidine rings is 1. The number of nitrogens with zero attached hydrogens (tertiary/aromatic N) is 4. The van der Waals surface area contributed by atoms with E-state index in [1.54, 1.807) is 22.5 Å². The molecule has 5 heterocycles. The summed E-state index contributed by atoms with van der Waals surface area (Å²) in [6, 6.07) is 2.69. The molecular formula is C21H20F2N4O6S. The maximum atomic E-state index is 14.5. The van der Waals surface area contributed by atoms with Crippen LogP contribution in [0.1, 0.15) is 19.8 Å². The minimum Gasteiger partial charge on any atom is -0.466 e. The third-order valence-electron chi connectivity index (χ3n) is 5.76. The molecule has 0 radical (unpaired) electrons. The monoisotopic (exact) mass is 494 g/mol. The third-order valence-corrected chi connectivity index (χ3v) is 6.56. The molecule has 34 heavy (non-hydrogen) atoms. The average molecular weight is 494 g/mol. The smallest absolute Gasteiger partial charge is 0.408 e. The van der Waals surface area contributed by atoms with E-state index in [1.807, 2.05) is 0 Å². The Balaban J connectivity index is 1.48. The SMILES string of the molecule is CCOC(=O)CC(F)(F)Oc1ccc(-c2nccs2)c2oc(N3CC4CC(C3)N4C(=O)O)nc12. The van der Waals surface area contributed by atoms with Crippen molar-refractivity contribution in [3.63, 3.8) is 0 Å². The maximum absolute atomic E-state index is 14.5. The van der Waals surface area contributed by atoms with Crippen LogP contribution in [0.3, 0.4) is 0 Å². The van der Waals surface area contributed by atoms with Crippen molar-refractivity contribution in [2.24, 2.45) is 0 Å². The molecule has 1 aromatic carbocycles. The number of anilines is 1. The van der Waals surface area contributed by atoms with E-state index in [1.165, 1.54) is 29.2 Å². The standard InChI is InChI=1S/C21H20F2N4O6S/c1-2-31-15(28)8-21(22,23)33-14-4-3-13(18-24-5-6-34-18)17-16(14)25-19(32-17)26-9-11-7-12(10-26)27(11)20(29)30/h3-6,11-12H,2,7-10H2,1H3,(H,29,30). The van der Waals surface area contributed by atoms with Crippen molar-refractivity contribution in [1.29, 1.82) is 0 Å². The van der Waals surface area contributed by atoms with Gasteiger partial charge >= 0.3 is 18.2 Å². The van der Waals surface area contributed by atoms with E-state index < -0.39 is 24.6 Å². The highest BCUT2D eigenvalue weighted by atomic mass is 32.1.